The molecule has 30 heavy (non-hydrogen) atoms. The number of hydrogen-bond donors (Lipinski definition) is 1. The predicted octanol–water partition coefficient (Wildman–Crippen LogP) is 2.60. The number of para-hydroxylation sites is 2. The monoisotopic (exact) mass is 403 g/mol. The van der Waals surface area contributed by atoms with Crippen LogP contribution in [0.2, 0.25) is 0 Å². The number of imidazole rings is 1. The van der Waals surface area contributed by atoms with Crippen LogP contribution in [0.1, 0.15) is 16.2 Å². The van der Waals surface area contributed by atoms with Gasteiger partial charge in [0.25, 0.3) is 5.91 Å². The molecule has 0 saturated carbocycles. The molecule has 0 aliphatic rings. The minimum Gasteiger partial charge on any atom is -0.352 e. The van der Waals surface area contributed by atoms with Crippen molar-refractivity contribution in [3.05, 3.63) is 85.5 Å². The van der Waals surface area contributed by atoms with Crippen LogP contribution in [-0.4, -0.2) is 50.9 Å². The van der Waals surface area contributed by atoms with Crippen LogP contribution in [0.5, 0.6) is 0 Å². The maximum Gasteiger partial charge on any atom is 0.252 e. The van der Waals surface area contributed by atoms with Crippen LogP contribution in [0.25, 0.3) is 11.0 Å². The standard InChI is InChI=1S/C23H25N5O2/c1-3-14-27(15-4-2)22(29)17-28-20-10-6-5-9-19(20)26-21(28)11-13-25-23(30)18-8-7-12-24-16-18/h3-10,12,16H,1-2,11,13-15,17H2,(H,25,30). The number of benzene rings is 1. The number of nitrogens with one attached hydrogen (secondary N) is 1. The number of carbonyl (C=O) groups is 2. The molecule has 0 unspecified atom stereocenters. The van der Waals surface area contributed by atoms with Crippen LogP contribution in [0.3, 0.4) is 0 Å². The number of amides is 2. The topological polar surface area (TPSA) is 80.1 Å². The van der Waals surface area contributed by atoms with E-state index in [1.165, 1.54) is 6.20 Å². The van der Waals surface area contributed by atoms with Gasteiger partial charge in [-0.1, -0.05) is 24.3 Å². The van der Waals surface area contributed by atoms with Gasteiger partial charge in [-0.15, -0.1) is 13.2 Å². The van der Waals surface area contributed by atoms with Gasteiger partial charge in [0.1, 0.15) is 12.4 Å². The molecule has 7 heteroatoms. The van der Waals surface area contributed by atoms with Crippen molar-refractivity contribution in [2.45, 2.75) is 13.0 Å². The van der Waals surface area contributed by atoms with Crippen molar-refractivity contribution in [2.75, 3.05) is 19.6 Å². The minimum absolute atomic E-state index is 0.0430. The van der Waals surface area contributed by atoms with Crippen molar-refractivity contribution in [3.8, 4) is 0 Å². The molecule has 0 bridgehead atoms. The highest BCUT2D eigenvalue weighted by molar-refractivity contribution is 5.93. The summed E-state index contributed by atoms with van der Waals surface area (Å²) in [7, 11) is 0. The molecule has 0 fully saturated rings. The zero-order chi connectivity index (χ0) is 21.3. The number of hydrogen-bond acceptors (Lipinski definition) is 4. The lowest BCUT2D eigenvalue weighted by Gasteiger charge is -2.20. The lowest BCUT2D eigenvalue weighted by Crippen LogP contribution is -2.34. The van der Waals surface area contributed by atoms with Gasteiger partial charge in [-0.3, -0.25) is 14.6 Å². The summed E-state index contributed by atoms with van der Waals surface area (Å²) in [5, 5.41) is 2.88. The second-order valence-electron chi connectivity index (χ2n) is 6.73. The highest BCUT2D eigenvalue weighted by Gasteiger charge is 2.17. The van der Waals surface area contributed by atoms with E-state index in [1.54, 1.807) is 35.4 Å². The summed E-state index contributed by atoms with van der Waals surface area (Å²) in [6, 6.07) is 11.1. The van der Waals surface area contributed by atoms with Gasteiger partial charge >= 0.3 is 0 Å². The van der Waals surface area contributed by atoms with Crippen LogP contribution in [0.15, 0.2) is 74.1 Å². The molecule has 0 aliphatic carbocycles. The van der Waals surface area contributed by atoms with Crippen molar-refractivity contribution in [1.82, 2.24) is 24.8 Å². The molecule has 0 saturated heterocycles. The maximum atomic E-state index is 12.9. The van der Waals surface area contributed by atoms with E-state index in [0.29, 0.717) is 31.6 Å². The largest absolute Gasteiger partial charge is 0.352 e. The van der Waals surface area contributed by atoms with E-state index in [-0.39, 0.29) is 18.4 Å². The highest BCUT2D eigenvalue weighted by Crippen LogP contribution is 2.17. The molecular weight excluding hydrogens is 378 g/mol. The van der Waals surface area contributed by atoms with E-state index in [2.05, 4.69) is 28.4 Å². The zero-order valence-corrected chi connectivity index (χ0v) is 16.8. The molecule has 7 nitrogen and oxygen atoms in total. The number of carbonyl (C=O) groups excluding carboxylic acids is 2. The first-order chi connectivity index (χ1) is 14.6. The zero-order valence-electron chi connectivity index (χ0n) is 16.8. The fourth-order valence-corrected chi connectivity index (χ4v) is 3.20. The first-order valence-electron chi connectivity index (χ1n) is 9.76. The van der Waals surface area contributed by atoms with Crippen LogP contribution in [0.4, 0.5) is 0 Å². The van der Waals surface area contributed by atoms with Gasteiger partial charge in [-0.25, -0.2) is 4.98 Å². The Kier molecular flexibility index (Phi) is 7.10. The molecule has 0 aliphatic heterocycles. The molecule has 154 valence electrons. The molecule has 1 N–H and O–H groups in total. The Morgan fingerprint density at radius 3 is 2.57 bits per heavy atom. The smallest absolute Gasteiger partial charge is 0.252 e. The maximum absolute atomic E-state index is 12.9. The van der Waals surface area contributed by atoms with Gasteiger partial charge in [0, 0.05) is 38.4 Å². The molecule has 0 radical (unpaired) electrons. The average molecular weight is 403 g/mol. The first-order valence-corrected chi connectivity index (χ1v) is 9.76. The average Bonchev–Trinajstić information content (AvgIpc) is 3.11. The Bertz CT molecular complexity index is 1030. The Labute approximate surface area is 175 Å². The minimum atomic E-state index is -0.190. The van der Waals surface area contributed by atoms with Crippen LogP contribution in [-0.2, 0) is 17.8 Å². The molecule has 0 spiro atoms. The van der Waals surface area contributed by atoms with Gasteiger partial charge < -0.3 is 14.8 Å². The highest BCUT2D eigenvalue weighted by atomic mass is 16.2. The lowest BCUT2D eigenvalue weighted by atomic mass is 10.2. The third-order valence-corrected chi connectivity index (χ3v) is 4.64. The normalized spacial score (nSPS) is 10.5. The second-order valence-corrected chi connectivity index (χ2v) is 6.73. The quantitative estimate of drug-likeness (QED) is 0.528. The van der Waals surface area contributed by atoms with Gasteiger partial charge in [0.2, 0.25) is 5.91 Å². The second kappa shape index (κ2) is 10.2. The molecule has 1 aromatic carbocycles. The Balaban J connectivity index is 1.76. The summed E-state index contributed by atoms with van der Waals surface area (Å²) in [6.45, 7) is 8.90. The summed E-state index contributed by atoms with van der Waals surface area (Å²) < 4.78 is 1.91. The fourth-order valence-electron chi connectivity index (χ4n) is 3.20. The number of rotatable bonds is 10. The lowest BCUT2D eigenvalue weighted by molar-refractivity contribution is -0.130. The van der Waals surface area contributed by atoms with Gasteiger partial charge in [0.05, 0.1) is 16.6 Å². The Morgan fingerprint density at radius 1 is 1.10 bits per heavy atom. The predicted molar refractivity (Wildman–Crippen MR) is 117 cm³/mol. The number of aromatic nitrogens is 3. The number of pyridine rings is 1. The van der Waals surface area contributed by atoms with E-state index in [0.717, 1.165) is 16.9 Å². The van der Waals surface area contributed by atoms with Gasteiger partial charge in [-0.2, -0.15) is 0 Å². The van der Waals surface area contributed by atoms with Crippen molar-refractivity contribution in [1.29, 1.82) is 0 Å². The van der Waals surface area contributed by atoms with Crippen LogP contribution >= 0.6 is 0 Å². The van der Waals surface area contributed by atoms with Crippen LogP contribution < -0.4 is 5.32 Å². The molecule has 3 rings (SSSR count). The summed E-state index contributed by atoms with van der Waals surface area (Å²) in [5.74, 6) is 0.511. The Hall–Kier alpha value is -3.74. The van der Waals surface area contributed by atoms with E-state index < -0.39 is 0 Å². The fraction of sp³-hybridized carbons (Fsp3) is 0.217. The molecule has 2 amide bonds. The summed E-state index contributed by atoms with van der Waals surface area (Å²) in [5.41, 5.74) is 2.21. The van der Waals surface area contributed by atoms with Crippen molar-refractivity contribution < 1.29 is 9.59 Å². The van der Waals surface area contributed by atoms with Crippen molar-refractivity contribution in [3.63, 3.8) is 0 Å². The van der Waals surface area contributed by atoms with E-state index >= 15 is 0 Å². The summed E-state index contributed by atoms with van der Waals surface area (Å²) in [4.78, 5) is 35.4. The van der Waals surface area contributed by atoms with Gasteiger partial charge in [-0.05, 0) is 24.3 Å². The molecule has 3 aromatic rings. The van der Waals surface area contributed by atoms with E-state index in [1.807, 2.05) is 28.8 Å². The molecule has 2 heterocycles. The summed E-state index contributed by atoms with van der Waals surface area (Å²) >= 11 is 0. The third-order valence-electron chi connectivity index (χ3n) is 4.64. The van der Waals surface area contributed by atoms with Crippen molar-refractivity contribution >= 4 is 22.8 Å². The van der Waals surface area contributed by atoms with Crippen LogP contribution in [0, 0.1) is 0 Å². The van der Waals surface area contributed by atoms with E-state index in [9.17, 15) is 9.59 Å². The van der Waals surface area contributed by atoms with E-state index in [4.69, 9.17) is 0 Å². The van der Waals surface area contributed by atoms with Crippen molar-refractivity contribution in [2.24, 2.45) is 0 Å². The molecule has 0 atom stereocenters. The first kappa shape index (κ1) is 21.0. The Morgan fingerprint density at radius 2 is 1.87 bits per heavy atom. The molecular formula is C23H25N5O2. The third kappa shape index (κ3) is 5.00. The van der Waals surface area contributed by atoms with Gasteiger partial charge in [0.15, 0.2) is 0 Å². The number of nitrogens with zero attached hydrogens (tertiary/aromatic N) is 4. The number of fused-ring (bicyclic) bond motifs is 1. The summed E-state index contributed by atoms with van der Waals surface area (Å²) in [6.07, 6.45) is 7.04. The SMILES string of the molecule is C=CCN(CC=C)C(=O)Cn1c(CCNC(=O)c2cccnc2)nc2ccccc21. The molecule has 2 aromatic heterocycles.